The number of rotatable bonds is 6. The quantitative estimate of drug-likeness (QED) is 0.165. The number of allylic oxidation sites excluding steroid dienone is 2. The van der Waals surface area contributed by atoms with Gasteiger partial charge in [0.1, 0.15) is 0 Å². The molecule has 0 aromatic heterocycles. The molecule has 62 heavy (non-hydrogen) atoms. The molecule has 0 saturated heterocycles. The van der Waals surface area contributed by atoms with Gasteiger partial charge in [-0.15, -0.1) is 0 Å². The van der Waals surface area contributed by atoms with Crippen molar-refractivity contribution in [2.75, 3.05) is 9.80 Å². The summed E-state index contributed by atoms with van der Waals surface area (Å²) in [6.45, 7) is 9.52. The van der Waals surface area contributed by atoms with E-state index in [4.69, 9.17) is 0 Å². The van der Waals surface area contributed by atoms with Crippen LogP contribution in [0, 0.1) is 0 Å². The van der Waals surface area contributed by atoms with Gasteiger partial charge in [0.05, 0.1) is 11.7 Å². The molecule has 0 amide bonds. The van der Waals surface area contributed by atoms with Gasteiger partial charge in [0, 0.05) is 45.1 Å². The minimum Gasteiger partial charge on any atom is -0.333 e. The van der Waals surface area contributed by atoms with Gasteiger partial charge in [-0.3, -0.25) is 0 Å². The van der Waals surface area contributed by atoms with Crippen molar-refractivity contribution < 1.29 is 0 Å². The molecule has 1 heterocycles. The summed E-state index contributed by atoms with van der Waals surface area (Å²) in [6, 6.07) is 68.4. The van der Waals surface area contributed by atoms with E-state index in [2.05, 4.69) is 244 Å². The summed E-state index contributed by atoms with van der Waals surface area (Å²) in [5.41, 5.74) is 22.8. The minimum absolute atomic E-state index is 0.124. The average molecular weight is 797 g/mol. The van der Waals surface area contributed by atoms with E-state index in [1.165, 1.54) is 83.7 Å². The lowest BCUT2D eigenvalue weighted by atomic mass is 9.78. The molecule has 2 heteroatoms. The highest BCUT2D eigenvalue weighted by molar-refractivity contribution is 5.95. The Bertz CT molecular complexity index is 3140. The summed E-state index contributed by atoms with van der Waals surface area (Å²) in [6.07, 6.45) is 9.06. The lowest BCUT2D eigenvalue weighted by molar-refractivity contribution is 0.660. The van der Waals surface area contributed by atoms with Gasteiger partial charge in [-0.25, -0.2) is 0 Å². The molecular formula is C60H48N2. The van der Waals surface area contributed by atoms with E-state index in [1.54, 1.807) is 0 Å². The van der Waals surface area contributed by atoms with Crippen molar-refractivity contribution in [3.63, 3.8) is 0 Å². The number of para-hydroxylation sites is 2. The molecule has 0 N–H and O–H groups in total. The summed E-state index contributed by atoms with van der Waals surface area (Å²) in [5, 5.41) is 0. The monoisotopic (exact) mass is 796 g/mol. The summed E-state index contributed by atoms with van der Waals surface area (Å²) in [7, 11) is 0. The number of hydrogen-bond donors (Lipinski definition) is 0. The van der Waals surface area contributed by atoms with Crippen molar-refractivity contribution in [1.82, 2.24) is 0 Å². The van der Waals surface area contributed by atoms with Crippen LogP contribution in [0.2, 0.25) is 0 Å². The van der Waals surface area contributed by atoms with Crippen molar-refractivity contribution in [3.8, 4) is 44.5 Å². The van der Waals surface area contributed by atoms with Gasteiger partial charge >= 0.3 is 0 Å². The van der Waals surface area contributed by atoms with Crippen LogP contribution in [0.15, 0.2) is 206 Å². The van der Waals surface area contributed by atoms with E-state index >= 15 is 0 Å². The van der Waals surface area contributed by atoms with Crippen LogP contribution in [0.5, 0.6) is 0 Å². The zero-order valence-corrected chi connectivity index (χ0v) is 35.7. The molecular weight excluding hydrogens is 749 g/mol. The molecule has 0 radical (unpaired) electrons. The lowest BCUT2D eigenvalue weighted by Gasteiger charge is -2.31. The Morgan fingerprint density at radius 1 is 0.435 bits per heavy atom. The maximum atomic E-state index is 2.50. The Hall–Kier alpha value is -7.16. The van der Waals surface area contributed by atoms with Gasteiger partial charge in [-0.05, 0) is 115 Å². The molecule has 3 aliphatic carbocycles. The first kappa shape index (κ1) is 36.7. The predicted molar refractivity (Wildman–Crippen MR) is 261 cm³/mol. The second-order valence-electron chi connectivity index (χ2n) is 18.5. The van der Waals surface area contributed by atoms with Gasteiger partial charge in [-0.2, -0.15) is 0 Å². The smallest absolute Gasteiger partial charge is 0.0629 e. The summed E-state index contributed by atoms with van der Waals surface area (Å²) >= 11 is 0. The Morgan fingerprint density at radius 2 is 0.984 bits per heavy atom. The second kappa shape index (κ2) is 13.7. The van der Waals surface area contributed by atoms with Crippen LogP contribution in [0.3, 0.4) is 0 Å². The molecule has 4 aliphatic rings. The molecule has 2 unspecified atom stereocenters. The highest BCUT2D eigenvalue weighted by Crippen LogP contribution is 2.55. The third kappa shape index (κ3) is 5.36. The maximum absolute atomic E-state index is 2.50. The first-order valence-corrected chi connectivity index (χ1v) is 22.1. The van der Waals surface area contributed by atoms with Crippen LogP contribution in [-0.4, -0.2) is 6.04 Å². The van der Waals surface area contributed by atoms with E-state index in [1.807, 2.05) is 0 Å². The highest BCUT2D eigenvalue weighted by atomic mass is 15.2. The van der Waals surface area contributed by atoms with E-state index in [-0.39, 0.29) is 16.9 Å². The first-order valence-electron chi connectivity index (χ1n) is 22.1. The number of fused-ring (bicyclic) bond motifs is 9. The maximum Gasteiger partial charge on any atom is 0.0629 e. The van der Waals surface area contributed by atoms with E-state index in [0.29, 0.717) is 5.92 Å². The largest absolute Gasteiger partial charge is 0.333 e. The number of nitrogens with zero attached hydrogens (tertiary/aromatic N) is 2. The predicted octanol–water partition coefficient (Wildman–Crippen LogP) is 15.8. The van der Waals surface area contributed by atoms with Gasteiger partial charge in [0.15, 0.2) is 0 Å². The summed E-state index contributed by atoms with van der Waals surface area (Å²) < 4.78 is 0. The Balaban J connectivity index is 0.967. The van der Waals surface area contributed by atoms with Crippen LogP contribution in [0.4, 0.5) is 28.4 Å². The van der Waals surface area contributed by atoms with Crippen LogP contribution >= 0.6 is 0 Å². The zero-order chi connectivity index (χ0) is 41.7. The molecule has 12 rings (SSSR count). The number of benzene rings is 8. The SMILES string of the molecule is CC1(C)c2ccccc2-c2ccc(N(c3ccc(-c4ccc(N5c6ccccc6C6C=CC=CC65)cc4)cc3)c3ccccc3-c3cccc4c3C(C)(C)c3ccccc3-4)cc21. The topological polar surface area (TPSA) is 6.48 Å². The first-order chi connectivity index (χ1) is 30.3. The van der Waals surface area contributed by atoms with Gasteiger partial charge in [0.25, 0.3) is 0 Å². The second-order valence-corrected chi connectivity index (χ2v) is 18.5. The van der Waals surface area contributed by atoms with Crippen LogP contribution in [0.1, 0.15) is 61.4 Å². The molecule has 0 fully saturated rings. The fourth-order valence-corrected chi connectivity index (χ4v) is 11.4. The fraction of sp³-hybridized carbons (Fsp3) is 0.133. The molecule has 0 spiro atoms. The molecule has 0 saturated carbocycles. The van der Waals surface area contributed by atoms with E-state index in [0.717, 1.165) is 17.1 Å². The van der Waals surface area contributed by atoms with Crippen LogP contribution in [0.25, 0.3) is 44.5 Å². The normalized spacial score (nSPS) is 17.8. The van der Waals surface area contributed by atoms with Crippen LogP contribution < -0.4 is 9.80 Å². The lowest BCUT2D eigenvalue weighted by Crippen LogP contribution is -2.28. The standard InChI is InChI=1S/C60H48N2/c1-59(2)52-23-10-5-16-44(52)46-37-36-43(38-54(46)59)61(55-25-12-9-20-49(55)51-22-15-21-50-45-17-6-11-24-53(45)60(3,4)58(50)51)41-32-28-39(29-33-41)40-30-34-42(35-31-40)62-56-26-13-7-18-47(56)48-19-8-14-27-57(48)62/h5-38,47,56H,1-4H3. The van der Waals surface area contributed by atoms with Gasteiger partial charge < -0.3 is 9.80 Å². The highest BCUT2D eigenvalue weighted by Gasteiger charge is 2.40. The Morgan fingerprint density at radius 3 is 1.74 bits per heavy atom. The molecule has 2 nitrogen and oxygen atoms in total. The van der Waals surface area contributed by atoms with Crippen molar-refractivity contribution in [1.29, 1.82) is 0 Å². The van der Waals surface area contributed by atoms with Gasteiger partial charge in [0.2, 0.25) is 0 Å². The van der Waals surface area contributed by atoms with Crippen molar-refractivity contribution >= 4 is 28.4 Å². The molecule has 2 atom stereocenters. The van der Waals surface area contributed by atoms with Crippen molar-refractivity contribution in [3.05, 3.63) is 234 Å². The Labute approximate surface area is 365 Å². The van der Waals surface area contributed by atoms with Crippen LogP contribution in [-0.2, 0) is 10.8 Å². The molecule has 1 aliphatic heterocycles. The zero-order valence-electron chi connectivity index (χ0n) is 35.7. The minimum atomic E-state index is -0.148. The van der Waals surface area contributed by atoms with Gasteiger partial charge in [-0.1, -0.05) is 185 Å². The van der Waals surface area contributed by atoms with E-state index in [9.17, 15) is 0 Å². The molecule has 8 aromatic carbocycles. The molecule has 8 aromatic rings. The molecule has 298 valence electrons. The molecule has 0 bridgehead atoms. The Kier molecular flexibility index (Phi) is 8.09. The van der Waals surface area contributed by atoms with Crippen molar-refractivity contribution in [2.24, 2.45) is 0 Å². The number of hydrogen-bond acceptors (Lipinski definition) is 2. The van der Waals surface area contributed by atoms with Crippen molar-refractivity contribution in [2.45, 2.75) is 50.5 Å². The number of anilines is 5. The fourth-order valence-electron chi connectivity index (χ4n) is 11.4. The third-order valence-electron chi connectivity index (χ3n) is 14.4. The average Bonchev–Trinajstić information content (AvgIpc) is 3.87. The third-order valence-corrected chi connectivity index (χ3v) is 14.4. The summed E-state index contributed by atoms with van der Waals surface area (Å²) in [4.78, 5) is 4.99. The summed E-state index contributed by atoms with van der Waals surface area (Å²) in [5.74, 6) is 0.370. The van der Waals surface area contributed by atoms with E-state index < -0.39 is 0 Å².